The third-order valence-electron chi connectivity index (χ3n) is 3.78. The maximum atomic E-state index is 11.7. The molecule has 1 unspecified atom stereocenters. The molecule has 0 heterocycles. The molecule has 0 bridgehead atoms. The van der Waals surface area contributed by atoms with E-state index in [-0.39, 0.29) is 0 Å². The fourth-order valence-electron chi connectivity index (χ4n) is 2.73. The average molecular weight is 276 g/mol. The second kappa shape index (κ2) is 5.80. The number of rotatable bonds is 4. The monoisotopic (exact) mass is 276 g/mol. The van der Waals surface area contributed by atoms with Gasteiger partial charge in [0.05, 0.1) is 5.92 Å². The Morgan fingerprint density at radius 2 is 1.52 bits per heavy atom. The third-order valence-corrected chi connectivity index (χ3v) is 3.78. The van der Waals surface area contributed by atoms with E-state index >= 15 is 0 Å². The molecule has 0 aliphatic rings. The molecule has 0 aliphatic heterocycles. The number of carboxylic acid groups (broad SMARTS) is 1. The number of hydrogen-bond acceptors (Lipinski definition) is 1. The number of benzene rings is 3. The van der Waals surface area contributed by atoms with Crippen LogP contribution in [0.25, 0.3) is 10.8 Å². The summed E-state index contributed by atoms with van der Waals surface area (Å²) in [6.45, 7) is 0. The molecular formula is C19H16O2. The molecule has 0 saturated heterocycles. The minimum atomic E-state index is -0.782. The van der Waals surface area contributed by atoms with Gasteiger partial charge in [-0.3, -0.25) is 4.79 Å². The Labute approximate surface area is 123 Å². The lowest BCUT2D eigenvalue weighted by atomic mass is 9.88. The highest BCUT2D eigenvalue weighted by Gasteiger charge is 2.22. The minimum absolute atomic E-state index is 0.504. The Hall–Kier alpha value is -2.61. The first-order valence-electron chi connectivity index (χ1n) is 7.00. The summed E-state index contributed by atoms with van der Waals surface area (Å²) in [6.07, 6.45) is 0.504. The van der Waals surface area contributed by atoms with E-state index in [0.717, 1.165) is 21.9 Å². The van der Waals surface area contributed by atoms with Gasteiger partial charge in [-0.2, -0.15) is 0 Å². The van der Waals surface area contributed by atoms with Gasteiger partial charge in [0.25, 0.3) is 0 Å². The fourth-order valence-corrected chi connectivity index (χ4v) is 2.73. The lowest BCUT2D eigenvalue weighted by Gasteiger charge is -2.15. The highest BCUT2D eigenvalue weighted by molar-refractivity contribution is 5.90. The SMILES string of the molecule is O=C(O)C(Cc1ccccc1)c1cccc2ccccc12. The van der Waals surface area contributed by atoms with Gasteiger partial charge in [0, 0.05) is 0 Å². The van der Waals surface area contributed by atoms with Crippen LogP contribution >= 0.6 is 0 Å². The van der Waals surface area contributed by atoms with Gasteiger partial charge in [0.15, 0.2) is 0 Å². The van der Waals surface area contributed by atoms with Crippen LogP contribution in [0, 0.1) is 0 Å². The number of aliphatic carboxylic acids is 1. The van der Waals surface area contributed by atoms with E-state index < -0.39 is 11.9 Å². The molecule has 0 radical (unpaired) electrons. The topological polar surface area (TPSA) is 37.3 Å². The Morgan fingerprint density at radius 1 is 0.857 bits per heavy atom. The lowest BCUT2D eigenvalue weighted by Crippen LogP contribution is -2.14. The third kappa shape index (κ3) is 2.79. The molecule has 3 aromatic carbocycles. The average Bonchev–Trinajstić information content (AvgIpc) is 2.53. The molecule has 0 saturated carbocycles. The van der Waals surface area contributed by atoms with E-state index in [1.54, 1.807) is 0 Å². The Balaban J connectivity index is 2.06. The smallest absolute Gasteiger partial charge is 0.311 e. The van der Waals surface area contributed by atoms with E-state index in [9.17, 15) is 9.90 Å². The van der Waals surface area contributed by atoms with Crippen molar-refractivity contribution in [1.82, 2.24) is 0 Å². The summed E-state index contributed by atoms with van der Waals surface area (Å²) < 4.78 is 0. The second-order valence-electron chi connectivity index (χ2n) is 5.15. The highest BCUT2D eigenvalue weighted by Crippen LogP contribution is 2.28. The summed E-state index contributed by atoms with van der Waals surface area (Å²) in [4.78, 5) is 11.7. The summed E-state index contributed by atoms with van der Waals surface area (Å²) in [5, 5.41) is 11.7. The molecule has 3 aromatic rings. The van der Waals surface area contributed by atoms with Crippen LogP contribution in [-0.2, 0) is 11.2 Å². The molecule has 0 fully saturated rings. The largest absolute Gasteiger partial charge is 0.481 e. The van der Waals surface area contributed by atoms with Gasteiger partial charge in [-0.25, -0.2) is 0 Å². The van der Waals surface area contributed by atoms with Crippen LogP contribution in [0.2, 0.25) is 0 Å². The van der Waals surface area contributed by atoms with Crippen molar-refractivity contribution in [2.75, 3.05) is 0 Å². The number of fused-ring (bicyclic) bond motifs is 1. The van der Waals surface area contributed by atoms with Crippen molar-refractivity contribution in [2.24, 2.45) is 0 Å². The first kappa shape index (κ1) is 13.4. The molecule has 0 amide bonds. The molecule has 2 heteroatoms. The molecule has 2 nitrogen and oxygen atoms in total. The van der Waals surface area contributed by atoms with Gasteiger partial charge in [0.2, 0.25) is 0 Å². The van der Waals surface area contributed by atoms with Crippen LogP contribution in [0.4, 0.5) is 0 Å². The van der Waals surface area contributed by atoms with Crippen molar-refractivity contribution in [3.05, 3.63) is 83.9 Å². The van der Waals surface area contributed by atoms with Crippen molar-refractivity contribution in [3.8, 4) is 0 Å². The number of carboxylic acids is 1. The second-order valence-corrected chi connectivity index (χ2v) is 5.15. The standard InChI is InChI=1S/C19H16O2/c20-19(21)18(13-14-7-2-1-3-8-14)17-12-6-10-15-9-4-5-11-16(15)17/h1-12,18H,13H2,(H,20,21). The first-order chi connectivity index (χ1) is 10.3. The molecule has 21 heavy (non-hydrogen) atoms. The van der Waals surface area contributed by atoms with E-state index in [2.05, 4.69) is 0 Å². The van der Waals surface area contributed by atoms with Gasteiger partial charge in [-0.15, -0.1) is 0 Å². The summed E-state index contributed by atoms with van der Waals surface area (Å²) in [7, 11) is 0. The van der Waals surface area contributed by atoms with E-state index in [4.69, 9.17) is 0 Å². The number of carbonyl (C=O) groups is 1. The summed E-state index contributed by atoms with van der Waals surface area (Å²) in [5.41, 5.74) is 1.92. The minimum Gasteiger partial charge on any atom is -0.481 e. The molecule has 1 N–H and O–H groups in total. The van der Waals surface area contributed by atoms with Gasteiger partial charge >= 0.3 is 5.97 Å². The molecule has 1 atom stereocenters. The molecule has 0 aromatic heterocycles. The van der Waals surface area contributed by atoms with Crippen LogP contribution in [0.3, 0.4) is 0 Å². The maximum Gasteiger partial charge on any atom is 0.311 e. The zero-order valence-corrected chi connectivity index (χ0v) is 11.6. The first-order valence-corrected chi connectivity index (χ1v) is 7.00. The maximum absolute atomic E-state index is 11.7. The fraction of sp³-hybridized carbons (Fsp3) is 0.105. The normalized spacial score (nSPS) is 12.2. The van der Waals surface area contributed by atoms with Crippen molar-refractivity contribution in [3.63, 3.8) is 0 Å². The summed E-state index contributed by atoms with van der Waals surface area (Å²) >= 11 is 0. The molecular weight excluding hydrogens is 260 g/mol. The van der Waals surface area contributed by atoms with Crippen LogP contribution in [0.1, 0.15) is 17.0 Å². The van der Waals surface area contributed by atoms with Crippen LogP contribution in [-0.4, -0.2) is 11.1 Å². The summed E-state index contributed by atoms with van der Waals surface area (Å²) in [6, 6.07) is 23.6. The zero-order chi connectivity index (χ0) is 14.7. The molecule has 0 spiro atoms. The van der Waals surface area contributed by atoms with E-state index in [0.29, 0.717) is 6.42 Å². The summed E-state index contributed by atoms with van der Waals surface area (Å²) in [5.74, 6) is -1.31. The van der Waals surface area contributed by atoms with Gasteiger partial charge in [-0.05, 0) is 28.3 Å². The highest BCUT2D eigenvalue weighted by atomic mass is 16.4. The van der Waals surface area contributed by atoms with Crippen LogP contribution < -0.4 is 0 Å². The van der Waals surface area contributed by atoms with Crippen molar-refractivity contribution < 1.29 is 9.90 Å². The molecule has 0 aliphatic carbocycles. The lowest BCUT2D eigenvalue weighted by molar-refractivity contribution is -0.138. The Kier molecular flexibility index (Phi) is 3.69. The Morgan fingerprint density at radius 3 is 2.29 bits per heavy atom. The van der Waals surface area contributed by atoms with Crippen molar-refractivity contribution >= 4 is 16.7 Å². The van der Waals surface area contributed by atoms with Gasteiger partial charge in [-0.1, -0.05) is 72.8 Å². The quantitative estimate of drug-likeness (QED) is 0.773. The van der Waals surface area contributed by atoms with E-state index in [1.165, 1.54) is 0 Å². The predicted molar refractivity (Wildman–Crippen MR) is 84.5 cm³/mol. The van der Waals surface area contributed by atoms with E-state index in [1.807, 2.05) is 72.8 Å². The van der Waals surface area contributed by atoms with Crippen LogP contribution in [0.15, 0.2) is 72.8 Å². The van der Waals surface area contributed by atoms with Crippen LogP contribution in [0.5, 0.6) is 0 Å². The van der Waals surface area contributed by atoms with Gasteiger partial charge < -0.3 is 5.11 Å². The predicted octanol–water partition coefficient (Wildman–Crippen LogP) is 4.25. The Bertz CT molecular complexity index is 757. The zero-order valence-electron chi connectivity index (χ0n) is 11.6. The molecule has 104 valence electrons. The van der Waals surface area contributed by atoms with Crippen molar-refractivity contribution in [2.45, 2.75) is 12.3 Å². The van der Waals surface area contributed by atoms with Gasteiger partial charge in [0.1, 0.15) is 0 Å². The number of hydrogen-bond donors (Lipinski definition) is 1. The molecule has 3 rings (SSSR count). The van der Waals surface area contributed by atoms with Crippen molar-refractivity contribution in [1.29, 1.82) is 0 Å².